The summed E-state index contributed by atoms with van der Waals surface area (Å²) in [5.74, 6) is 0.451. The van der Waals surface area contributed by atoms with E-state index in [1.165, 1.54) is 12.1 Å². The summed E-state index contributed by atoms with van der Waals surface area (Å²) in [7, 11) is 0. The number of hydrogen-bond acceptors (Lipinski definition) is 2. The molecule has 0 bridgehead atoms. The molecule has 0 amide bonds. The van der Waals surface area contributed by atoms with Crippen molar-refractivity contribution in [3.8, 4) is 6.07 Å². The third-order valence-corrected chi connectivity index (χ3v) is 5.93. The van der Waals surface area contributed by atoms with Crippen molar-refractivity contribution in [3.05, 3.63) is 94.8 Å². The van der Waals surface area contributed by atoms with Crippen LogP contribution in [0.5, 0.6) is 0 Å². The molecule has 3 rings (SSSR count). The van der Waals surface area contributed by atoms with Crippen LogP contribution in [-0.4, -0.2) is 15.5 Å². The van der Waals surface area contributed by atoms with Gasteiger partial charge in [0.25, 0.3) is 0 Å². The van der Waals surface area contributed by atoms with E-state index in [0.29, 0.717) is 30.6 Å². The first-order chi connectivity index (χ1) is 15.2. The fraction of sp³-hybridized carbons (Fsp3) is 0.346. The van der Waals surface area contributed by atoms with Crippen molar-refractivity contribution in [3.63, 3.8) is 0 Å². The molecule has 0 fully saturated rings. The molecule has 1 aromatic heterocycles. The number of rotatable bonds is 8. The second kappa shape index (κ2) is 10.1. The van der Waals surface area contributed by atoms with Crippen LogP contribution in [0.1, 0.15) is 48.7 Å². The summed E-state index contributed by atoms with van der Waals surface area (Å²) in [6, 6.07) is 19.5. The van der Waals surface area contributed by atoms with Crippen LogP contribution < -0.4 is 0 Å². The fourth-order valence-corrected chi connectivity index (χ4v) is 3.64. The van der Waals surface area contributed by atoms with Gasteiger partial charge in [0.2, 0.25) is 0 Å². The monoisotopic (exact) mass is 439 g/mol. The molecule has 168 valence electrons. The third kappa shape index (κ3) is 6.02. The Morgan fingerprint density at radius 1 is 0.906 bits per heavy atom. The highest BCUT2D eigenvalue weighted by molar-refractivity contribution is 5.31. The van der Waals surface area contributed by atoms with Crippen LogP contribution >= 0.6 is 0 Å². The Bertz CT molecular complexity index is 1040. The zero-order chi connectivity index (χ0) is 23.3. The number of benzene rings is 2. The lowest BCUT2D eigenvalue weighted by atomic mass is 10.0. The van der Waals surface area contributed by atoms with Crippen LogP contribution in [0.4, 0.5) is 13.2 Å². The molecule has 0 saturated carbocycles. The topological polar surface area (TPSA) is 32.0 Å². The molecule has 3 nitrogen and oxygen atoms in total. The highest BCUT2D eigenvalue weighted by atomic mass is 19.4. The summed E-state index contributed by atoms with van der Waals surface area (Å²) >= 11 is 0. The minimum Gasteiger partial charge on any atom is -0.346 e. The van der Waals surface area contributed by atoms with Crippen LogP contribution in [0.25, 0.3) is 0 Å². The van der Waals surface area contributed by atoms with E-state index in [0.717, 1.165) is 35.5 Å². The van der Waals surface area contributed by atoms with Crippen molar-refractivity contribution < 1.29 is 13.2 Å². The van der Waals surface area contributed by atoms with Gasteiger partial charge in [-0.3, -0.25) is 4.90 Å². The molecule has 2 aromatic carbocycles. The normalized spacial score (nSPS) is 12.8. The largest absolute Gasteiger partial charge is 0.416 e. The van der Waals surface area contributed by atoms with E-state index in [2.05, 4.69) is 42.4 Å². The van der Waals surface area contributed by atoms with Crippen molar-refractivity contribution in [1.29, 1.82) is 5.26 Å². The molecule has 0 aliphatic carbocycles. The fourth-order valence-electron chi connectivity index (χ4n) is 3.64. The van der Waals surface area contributed by atoms with E-state index in [9.17, 15) is 13.2 Å². The van der Waals surface area contributed by atoms with Crippen LogP contribution in [0.3, 0.4) is 0 Å². The molecular weight excluding hydrogens is 411 g/mol. The first kappa shape index (κ1) is 23.6. The summed E-state index contributed by atoms with van der Waals surface area (Å²) in [6.07, 6.45) is -2.36. The van der Waals surface area contributed by atoms with Gasteiger partial charge in [-0.1, -0.05) is 38.1 Å². The maximum Gasteiger partial charge on any atom is 0.416 e. The zero-order valence-electron chi connectivity index (χ0n) is 18.6. The Morgan fingerprint density at radius 3 is 2.09 bits per heavy atom. The minimum atomic E-state index is -4.32. The van der Waals surface area contributed by atoms with Crippen LogP contribution in [0.15, 0.2) is 66.9 Å². The molecule has 32 heavy (non-hydrogen) atoms. The molecule has 0 aliphatic heterocycles. The summed E-state index contributed by atoms with van der Waals surface area (Å²) in [6.45, 7) is 8.57. The number of nitriles is 1. The van der Waals surface area contributed by atoms with Gasteiger partial charge >= 0.3 is 6.18 Å². The van der Waals surface area contributed by atoms with Gasteiger partial charge in [-0.25, -0.2) is 0 Å². The van der Waals surface area contributed by atoms with E-state index in [4.69, 9.17) is 5.26 Å². The molecule has 0 aliphatic rings. The highest BCUT2D eigenvalue weighted by Gasteiger charge is 2.30. The molecule has 3 aromatic rings. The lowest BCUT2D eigenvalue weighted by molar-refractivity contribution is -0.137. The van der Waals surface area contributed by atoms with E-state index in [-0.39, 0.29) is 0 Å². The number of aromatic nitrogens is 1. The number of hydrogen-bond donors (Lipinski definition) is 0. The summed E-state index contributed by atoms with van der Waals surface area (Å²) < 4.78 is 40.6. The van der Waals surface area contributed by atoms with Crippen LogP contribution in [0, 0.1) is 17.2 Å². The van der Waals surface area contributed by atoms with Gasteiger partial charge in [0.1, 0.15) is 0 Å². The molecule has 0 saturated heterocycles. The Hall–Kier alpha value is -3.04. The molecule has 1 atom stereocenters. The average Bonchev–Trinajstić information content (AvgIpc) is 3.19. The third-order valence-electron chi connectivity index (χ3n) is 5.93. The second-order valence-electron chi connectivity index (χ2n) is 8.52. The van der Waals surface area contributed by atoms with Gasteiger partial charge in [0.05, 0.1) is 17.2 Å². The predicted molar refractivity (Wildman–Crippen MR) is 120 cm³/mol. The average molecular weight is 440 g/mol. The lowest BCUT2D eigenvalue weighted by Crippen LogP contribution is -2.36. The molecule has 0 N–H and O–H groups in total. The van der Waals surface area contributed by atoms with E-state index in [1.807, 2.05) is 36.5 Å². The number of nitrogens with zero attached hydrogens (tertiary/aromatic N) is 3. The van der Waals surface area contributed by atoms with E-state index in [1.54, 1.807) is 0 Å². The molecule has 0 radical (unpaired) electrons. The molecule has 1 heterocycles. The van der Waals surface area contributed by atoms with Crippen molar-refractivity contribution in [2.24, 2.45) is 5.92 Å². The quantitative estimate of drug-likeness (QED) is 0.403. The molecular formula is C26H28F3N3. The maximum absolute atomic E-state index is 12.8. The Labute approximate surface area is 187 Å². The van der Waals surface area contributed by atoms with E-state index >= 15 is 0 Å². The van der Waals surface area contributed by atoms with Gasteiger partial charge < -0.3 is 4.57 Å². The number of alkyl halides is 3. The Balaban J connectivity index is 1.77. The van der Waals surface area contributed by atoms with Gasteiger partial charge in [0, 0.05) is 37.6 Å². The summed E-state index contributed by atoms with van der Waals surface area (Å²) in [5.41, 5.74) is 3.07. The van der Waals surface area contributed by atoms with Gasteiger partial charge in [-0.2, -0.15) is 18.4 Å². The van der Waals surface area contributed by atoms with Gasteiger partial charge in [-0.05, 0) is 60.4 Å². The standard InChI is InChI=1S/C26H28F3N3/c1-19(2)20(3)32(17-22-8-6-21(15-30)7-9-22)18-25-5-4-14-31(25)16-23-10-12-24(13-11-23)26(27,28)29/h4-14,19-20H,16-18H2,1-3H3. The van der Waals surface area contributed by atoms with Crippen molar-refractivity contribution in [1.82, 2.24) is 9.47 Å². The first-order valence-electron chi connectivity index (χ1n) is 10.7. The van der Waals surface area contributed by atoms with Gasteiger partial charge in [0.15, 0.2) is 0 Å². The maximum atomic E-state index is 12.8. The van der Waals surface area contributed by atoms with Crippen molar-refractivity contribution in [2.45, 2.75) is 52.6 Å². The molecule has 0 spiro atoms. The lowest BCUT2D eigenvalue weighted by Gasteiger charge is -2.32. The SMILES string of the molecule is CC(C)C(C)N(Cc1ccc(C#N)cc1)Cc1cccn1Cc1ccc(C(F)(F)F)cc1. The summed E-state index contributed by atoms with van der Waals surface area (Å²) in [5, 5.41) is 9.03. The Morgan fingerprint density at radius 2 is 1.53 bits per heavy atom. The Kier molecular flexibility index (Phi) is 7.42. The first-order valence-corrected chi connectivity index (χ1v) is 10.7. The van der Waals surface area contributed by atoms with Gasteiger partial charge in [-0.15, -0.1) is 0 Å². The second-order valence-corrected chi connectivity index (χ2v) is 8.52. The van der Waals surface area contributed by atoms with Crippen molar-refractivity contribution in [2.75, 3.05) is 0 Å². The smallest absolute Gasteiger partial charge is 0.346 e. The zero-order valence-corrected chi connectivity index (χ0v) is 18.6. The summed E-state index contributed by atoms with van der Waals surface area (Å²) in [4.78, 5) is 2.39. The van der Waals surface area contributed by atoms with Crippen LogP contribution in [-0.2, 0) is 25.8 Å². The van der Waals surface area contributed by atoms with Crippen LogP contribution in [0.2, 0.25) is 0 Å². The minimum absolute atomic E-state index is 0.320. The van der Waals surface area contributed by atoms with Crippen molar-refractivity contribution >= 4 is 0 Å². The predicted octanol–water partition coefficient (Wildman–Crippen LogP) is 6.47. The molecule has 1 unspecified atom stereocenters. The van der Waals surface area contributed by atoms with E-state index < -0.39 is 11.7 Å². The number of halogens is 3. The molecule has 6 heteroatoms. The highest BCUT2D eigenvalue weighted by Crippen LogP contribution is 2.29.